The topological polar surface area (TPSA) is 9.23 Å². The summed E-state index contributed by atoms with van der Waals surface area (Å²) in [5, 5.41) is 0.281. The third kappa shape index (κ3) is 6.54. The van der Waals surface area contributed by atoms with E-state index in [9.17, 15) is 0 Å². The maximum Gasteiger partial charge on any atom is 0.192 e. The second-order valence-corrected chi connectivity index (χ2v) is 10.7. The van der Waals surface area contributed by atoms with Crippen LogP contribution in [0.1, 0.15) is 33.6 Å². The maximum absolute atomic E-state index is 5.98. The highest BCUT2D eigenvalue weighted by molar-refractivity contribution is 6.74. The zero-order chi connectivity index (χ0) is 12.7. The minimum atomic E-state index is -1.59. The van der Waals surface area contributed by atoms with E-state index in [-0.39, 0.29) is 5.04 Å². The molecular formula is C13H25ClOSi. The number of rotatable bonds is 6. The Balaban J connectivity index is 3.94. The van der Waals surface area contributed by atoms with Gasteiger partial charge in [-0.3, -0.25) is 0 Å². The first-order chi connectivity index (χ1) is 7.31. The van der Waals surface area contributed by atoms with Gasteiger partial charge >= 0.3 is 0 Å². The van der Waals surface area contributed by atoms with E-state index in [0.717, 1.165) is 18.7 Å². The molecule has 0 atom stereocenters. The smallest absolute Gasteiger partial charge is 0.192 e. The molecule has 94 valence electrons. The van der Waals surface area contributed by atoms with E-state index in [1.807, 2.05) is 12.2 Å². The van der Waals surface area contributed by atoms with Crippen molar-refractivity contribution >= 4 is 19.9 Å². The fourth-order valence-corrected chi connectivity index (χ4v) is 1.95. The van der Waals surface area contributed by atoms with Crippen molar-refractivity contribution in [2.75, 3.05) is 12.5 Å². The quantitative estimate of drug-likeness (QED) is 0.290. The normalized spacial score (nSPS) is 12.1. The summed E-state index contributed by atoms with van der Waals surface area (Å²) >= 11 is 5.57. The van der Waals surface area contributed by atoms with Crippen LogP contribution in [0.25, 0.3) is 0 Å². The molecule has 0 aromatic heterocycles. The predicted octanol–water partition coefficient (Wildman–Crippen LogP) is 4.74. The average Bonchev–Trinajstić information content (AvgIpc) is 2.14. The molecule has 0 heterocycles. The predicted molar refractivity (Wildman–Crippen MR) is 75.8 cm³/mol. The number of unbranched alkanes of at least 4 members (excludes halogenated alkanes) is 1. The fraction of sp³-hybridized carbons (Fsp3) is 0.769. The lowest BCUT2D eigenvalue weighted by Crippen LogP contribution is -2.40. The van der Waals surface area contributed by atoms with Gasteiger partial charge in [-0.25, -0.2) is 0 Å². The Bertz CT molecular complexity index is 247. The molecule has 0 aliphatic carbocycles. The SMILES string of the molecule is CC(C)(C)[Si](C)(C)OCC=C=CCCCCl. The van der Waals surface area contributed by atoms with Crippen molar-refractivity contribution in [1.82, 2.24) is 0 Å². The standard InChI is InChI=1S/C13H25ClOSi/c1-13(2,3)16(4,5)15-12-10-8-6-7-9-11-14/h6,10H,7,9,11-12H2,1-5H3. The van der Waals surface area contributed by atoms with Gasteiger partial charge in [0, 0.05) is 5.88 Å². The maximum atomic E-state index is 5.98. The lowest BCUT2D eigenvalue weighted by atomic mass is 10.2. The van der Waals surface area contributed by atoms with Crippen molar-refractivity contribution < 1.29 is 4.43 Å². The van der Waals surface area contributed by atoms with E-state index in [4.69, 9.17) is 16.0 Å². The van der Waals surface area contributed by atoms with Crippen molar-refractivity contribution in [1.29, 1.82) is 0 Å². The summed E-state index contributed by atoms with van der Waals surface area (Å²) in [6.07, 6.45) is 6.01. The zero-order valence-electron chi connectivity index (χ0n) is 11.3. The first-order valence-electron chi connectivity index (χ1n) is 5.90. The van der Waals surface area contributed by atoms with Gasteiger partial charge < -0.3 is 4.43 Å². The van der Waals surface area contributed by atoms with Crippen LogP contribution in [0.3, 0.4) is 0 Å². The molecule has 16 heavy (non-hydrogen) atoms. The molecule has 0 fully saturated rings. The summed E-state index contributed by atoms with van der Waals surface area (Å²) in [7, 11) is -1.59. The van der Waals surface area contributed by atoms with E-state index >= 15 is 0 Å². The number of hydrogen-bond acceptors (Lipinski definition) is 1. The fourth-order valence-electron chi connectivity index (χ4n) is 0.860. The Labute approximate surface area is 107 Å². The van der Waals surface area contributed by atoms with Crippen molar-refractivity contribution in [2.45, 2.75) is 51.7 Å². The molecule has 0 amide bonds. The lowest BCUT2D eigenvalue weighted by Gasteiger charge is -2.35. The van der Waals surface area contributed by atoms with Crippen molar-refractivity contribution in [2.24, 2.45) is 0 Å². The summed E-state index contributed by atoms with van der Waals surface area (Å²) in [6.45, 7) is 11.9. The number of alkyl halides is 1. The van der Waals surface area contributed by atoms with Crippen LogP contribution >= 0.6 is 11.6 Å². The zero-order valence-corrected chi connectivity index (χ0v) is 13.0. The third-order valence-corrected chi connectivity index (χ3v) is 7.82. The van der Waals surface area contributed by atoms with Gasteiger partial charge in [0.15, 0.2) is 8.32 Å². The van der Waals surface area contributed by atoms with Gasteiger partial charge in [-0.15, -0.1) is 17.3 Å². The first-order valence-corrected chi connectivity index (χ1v) is 9.35. The Morgan fingerprint density at radius 3 is 2.38 bits per heavy atom. The highest BCUT2D eigenvalue weighted by atomic mass is 35.5. The van der Waals surface area contributed by atoms with Crippen molar-refractivity contribution in [3.63, 3.8) is 0 Å². The summed E-state index contributed by atoms with van der Waals surface area (Å²) in [6, 6.07) is 0. The molecule has 0 N–H and O–H groups in total. The van der Waals surface area contributed by atoms with Crippen LogP contribution in [0.2, 0.25) is 18.1 Å². The van der Waals surface area contributed by atoms with Gasteiger partial charge in [0.25, 0.3) is 0 Å². The number of halogens is 1. The average molecular weight is 261 g/mol. The van der Waals surface area contributed by atoms with Crippen LogP contribution in [0, 0.1) is 0 Å². The molecule has 0 spiro atoms. The Morgan fingerprint density at radius 2 is 1.88 bits per heavy atom. The van der Waals surface area contributed by atoms with E-state index in [1.165, 1.54) is 0 Å². The van der Waals surface area contributed by atoms with Gasteiger partial charge in [-0.1, -0.05) is 20.8 Å². The number of hydrogen-bond donors (Lipinski definition) is 0. The monoisotopic (exact) mass is 260 g/mol. The van der Waals surface area contributed by atoms with Crippen LogP contribution in [0.4, 0.5) is 0 Å². The highest BCUT2D eigenvalue weighted by Gasteiger charge is 2.36. The minimum Gasteiger partial charge on any atom is -0.413 e. The van der Waals surface area contributed by atoms with Gasteiger partial charge in [-0.2, -0.15) is 0 Å². The molecule has 0 unspecified atom stereocenters. The molecule has 1 nitrogen and oxygen atoms in total. The van der Waals surface area contributed by atoms with E-state index in [0.29, 0.717) is 6.61 Å². The van der Waals surface area contributed by atoms with Crippen LogP contribution in [0.5, 0.6) is 0 Å². The Hall–Kier alpha value is -0.0131. The van der Waals surface area contributed by atoms with Gasteiger partial charge in [0.2, 0.25) is 0 Å². The third-order valence-electron chi connectivity index (χ3n) is 3.05. The molecule has 0 aliphatic rings. The van der Waals surface area contributed by atoms with Crippen molar-refractivity contribution in [3.05, 3.63) is 17.9 Å². The van der Waals surface area contributed by atoms with Crippen molar-refractivity contribution in [3.8, 4) is 0 Å². The summed E-state index contributed by atoms with van der Waals surface area (Å²) in [5.74, 6) is 0.721. The summed E-state index contributed by atoms with van der Waals surface area (Å²) in [5.41, 5.74) is 3.13. The molecule has 0 aromatic rings. The highest BCUT2D eigenvalue weighted by Crippen LogP contribution is 2.36. The molecule has 0 radical (unpaired) electrons. The minimum absolute atomic E-state index is 0.281. The summed E-state index contributed by atoms with van der Waals surface area (Å²) in [4.78, 5) is 0. The molecule has 3 heteroatoms. The molecule has 0 aromatic carbocycles. The molecule has 0 bridgehead atoms. The lowest BCUT2D eigenvalue weighted by molar-refractivity contribution is 0.328. The molecule has 0 saturated heterocycles. The molecule has 0 rings (SSSR count). The van der Waals surface area contributed by atoms with Gasteiger partial charge in [-0.05, 0) is 43.1 Å². The van der Waals surface area contributed by atoms with E-state index < -0.39 is 8.32 Å². The molecular weight excluding hydrogens is 236 g/mol. The second-order valence-electron chi connectivity index (χ2n) is 5.48. The van der Waals surface area contributed by atoms with Crippen LogP contribution in [-0.4, -0.2) is 20.8 Å². The second kappa shape index (κ2) is 7.34. The molecule has 0 saturated carbocycles. The Morgan fingerprint density at radius 1 is 1.25 bits per heavy atom. The molecule has 0 aliphatic heterocycles. The van der Waals surface area contributed by atoms with Crippen LogP contribution < -0.4 is 0 Å². The first kappa shape index (κ1) is 16.0. The van der Waals surface area contributed by atoms with Gasteiger partial charge in [0.1, 0.15) is 0 Å². The van der Waals surface area contributed by atoms with Crippen LogP contribution in [0.15, 0.2) is 17.9 Å². The summed E-state index contributed by atoms with van der Waals surface area (Å²) < 4.78 is 5.98. The van der Waals surface area contributed by atoms with Gasteiger partial charge in [0.05, 0.1) is 6.61 Å². The van der Waals surface area contributed by atoms with Crippen LogP contribution in [-0.2, 0) is 4.43 Å². The Kier molecular flexibility index (Phi) is 7.33. The largest absolute Gasteiger partial charge is 0.413 e. The van der Waals surface area contributed by atoms with E-state index in [1.54, 1.807) is 0 Å². The van der Waals surface area contributed by atoms with E-state index in [2.05, 4.69) is 39.6 Å².